The van der Waals surface area contributed by atoms with Crippen molar-refractivity contribution in [2.24, 2.45) is 5.16 Å². The van der Waals surface area contributed by atoms with E-state index in [1.165, 1.54) is 6.92 Å². The van der Waals surface area contributed by atoms with Crippen LogP contribution in [0.1, 0.15) is 24.2 Å². The monoisotopic (exact) mass is 322 g/mol. The molecule has 0 unspecified atom stereocenters. The molecule has 0 spiro atoms. The molecule has 4 rings (SSSR count). The molecule has 0 fully saturated rings. The van der Waals surface area contributed by atoms with Gasteiger partial charge in [0, 0.05) is 35.8 Å². The van der Waals surface area contributed by atoms with Crippen LogP contribution in [0, 0.1) is 0 Å². The van der Waals surface area contributed by atoms with Crippen LogP contribution in [-0.2, 0) is 16.2 Å². The number of fused-ring (bicyclic) bond motifs is 4. The van der Waals surface area contributed by atoms with Gasteiger partial charge >= 0.3 is 11.9 Å². The molecule has 120 valence electrons. The second-order valence-corrected chi connectivity index (χ2v) is 5.54. The Morgan fingerprint density at radius 3 is 2.75 bits per heavy atom. The zero-order valence-electron chi connectivity index (χ0n) is 13.2. The Hall–Kier alpha value is -3.15. The van der Waals surface area contributed by atoms with Crippen molar-refractivity contribution in [2.75, 3.05) is 0 Å². The third-order valence-corrected chi connectivity index (χ3v) is 4.09. The topological polar surface area (TPSA) is 69.9 Å². The number of Topliss-reactive ketones (excluding diaryl/α,β-unsaturated/α-hetero) is 1. The fourth-order valence-corrected chi connectivity index (χ4v) is 3.11. The lowest BCUT2D eigenvalue weighted by Gasteiger charge is -2.03. The molecule has 1 aromatic heterocycles. The molecular formula is C18H14N2O4. The van der Waals surface area contributed by atoms with Gasteiger partial charge in [0.05, 0.1) is 11.1 Å². The largest absolute Gasteiger partial charge is 0.433 e. The summed E-state index contributed by atoms with van der Waals surface area (Å²) in [5.41, 5.74) is 2.52. The Balaban J connectivity index is 1.93. The minimum Gasteiger partial charge on any atom is -0.433 e. The molecule has 6 heteroatoms. The van der Waals surface area contributed by atoms with Crippen LogP contribution in [0.25, 0.3) is 21.8 Å². The highest BCUT2D eigenvalue weighted by Crippen LogP contribution is 2.36. The second kappa shape index (κ2) is 5.19. The van der Waals surface area contributed by atoms with Gasteiger partial charge in [-0.3, -0.25) is 4.79 Å². The first-order chi connectivity index (χ1) is 11.6. The van der Waals surface area contributed by atoms with Gasteiger partial charge in [0.1, 0.15) is 5.75 Å². The summed E-state index contributed by atoms with van der Waals surface area (Å²) in [4.78, 5) is 27.8. The molecule has 0 bridgehead atoms. The molecule has 0 aliphatic carbocycles. The lowest BCUT2D eigenvalue weighted by Crippen LogP contribution is -2.13. The van der Waals surface area contributed by atoms with Crippen LogP contribution in [0.4, 0.5) is 0 Å². The van der Waals surface area contributed by atoms with Crippen LogP contribution in [-0.4, -0.2) is 22.2 Å². The van der Waals surface area contributed by atoms with E-state index < -0.39 is 5.97 Å². The van der Waals surface area contributed by atoms with E-state index in [9.17, 15) is 9.59 Å². The molecule has 0 radical (unpaired) electrons. The zero-order chi connectivity index (χ0) is 16.8. The summed E-state index contributed by atoms with van der Waals surface area (Å²) < 4.78 is 7.65. The standard InChI is InChI=1S/C18H14N2O4/c1-3-20-14-7-5-4-6-11(14)12-8-13-16(9-15(12)20)23-18(17(13)22)19-24-10(2)21/h4-9H,3H2,1-2H3. The number of para-hydroxylation sites is 1. The number of aryl methyl sites for hydroxylation is 1. The summed E-state index contributed by atoms with van der Waals surface area (Å²) >= 11 is 0. The van der Waals surface area contributed by atoms with Crippen LogP contribution in [0.3, 0.4) is 0 Å². The van der Waals surface area contributed by atoms with Crippen LogP contribution in [0.15, 0.2) is 41.6 Å². The summed E-state index contributed by atoms with van der Waals surface area (Å²) in [7, 11) is 0. The molecule has 2 heterocycles. The van der Waals surface area contributed by atoms with Crippen LogP contribution >= 0.6 is 0 Å². The van der Waals surface area contributed by atoms with Crippen molar-refractivity contribution in [1.82, 2.24) is 4.57 Å². The van der Waals surface area contributed by atoms with Gasteiger partial charge in [0.2, 0.25) is 0 Å². The number of carbonyl (C=O) groups excluding carboxylic acids is 2. The van der Waals surface area contributed by atoms with E-state index in [4.69, 9.17) is 4.74 Å². The molecule has 0 amide bonds. The van der Waals surface area contributed by atoms with Crippen LogP contribution in [0.5, 0.6) is 5.75 Å². The highest BCUT2D eigenvalue weighted by molar-refractivity contribution is 6.47. The van der Waals surface area contributed by atoms with E-state index >= 15 is 0 Å². The van der Waals surface area contributed by atoms with Gasteiger partial charge < -0.3 is 14.1 Å². The van der Waals surface area contributed by atoms with Crippen molar-refractivity contribution < 1.29 is 19.2 Å². The van der Waals surface area contributed by atoms with Gasteiger partial charge in [-0.2, -0.15) is 0 Å². The third-order valence-electron chi connectivity index (χ3n) is 4.09. The fourth-order valence-electron chi connectivity index (χ4n) is 3.11. The summed E-state index contributed by atoms with van der Waals surface area (Å²) in [6.07, 6.45) is 0. The predicted molar refractivity (Wildman–Crippen MR) is 89.3 cm³/mol. The quantitative estimate of drug-likeness (QED) is 0.536. The maximum atomic E-state index is 12.4. The third kappa shape index (κ3) is 2.00. The second-order valence-electron chi connectivity index (χ2n) is 5.54. The normalized spacial score (nSPS) is 15.1. The maximum Gasteiger partial charge on any atom is 0.332 e. The van der Waals surface area contributed by atoms with Crippen molar-refractivity contribution in [3.8, 4) is 5.75 Å². The first-order valence-corrected chi connectivity index (χ1v) is 7.63. The van der Waals surface area contributed by atoms with Gasteiger partial charge in [0.15, 0.2) is 0 Å². The molecule has 0 saturated carbocycles. The average molecular weight is 322 g/mol. The zero-order valence-corrected chi connectivity index (χ0v) is 13.2. The number of oxime groups is 1. The summed E-state index contributed by atoms with van der Waals surface area (Å²) in [5, 5.41) is 5.55. The highest BCUT2D eigenvalue weighted by Gasteiger charge is 2.31. The van der Waals surface area contributed by atoms with Crippen LogP contribution in [0.2, 0.25) is 0 Å². The van der Waals surface area contributed by atoms with E-state index in [0.717, 1.165) is 28.4 Å². The van der Waals surface area contributed by atoms with E-state index in [1.807, 2.05) is 30.3 Å². The number of rotatable bonds is 2. The van der Waals surface area contributed by atoms with E-state index in [2.05, 4.69) is 27.6 Å². The van der Waals surface area contributed by atoms with Crippen molar-refractivity contribution in [1.29, 1.82) is 0 Å². The molecule has 6 nitrogen and oxygen atoms in total. The lowest BCUT2D eigenvalue weighted by molar-refractivity contribution is -0.141. The first kappa shape index (κ1) is 14.4. The average Bonchev–Trinajstić information content (AvgIpc) is 3.06. The number of ether oxygens (including phenoxy) is 1. The molecule has 0 saturated heterocycles. The molecular weight excluding hydrogens is 308 g/mol. The minimum atomic E-state index is -0.608. The van der Waals surface area contributed by atoms with Crippen molar-refractivity contribution in [2.45, 2.75) is 20.4 Å². The number of nitrogens with zero attached hydrogens (tertiary/aromatic N) is 2. The van der Waals surface area contributed by atoms with Crippen molar-refractivity contribution >= 4 is 39.5 Å². The number of ketones is 1. The predicted octanol–water partition coefficient (Wildman–Crippen LogP) is 3.27. The molecule has 0 N–H and O–H groups in total. The van der Waals surface area contributed by atoms with Gasteiger partial charge in [0.25, 0.3) is 5.78 Å². The maximum absolute atomic E-state index is 12.4. The van der Waals surface area contributed by atoms with Crippen LogP contribution < -0.4 is 4.74 Å². The Morgan fingerprint density at radius 1 is 1.21 bits per heavy atom. The SMILES string of the molecule is CCn1c2ccccc2c2cc3c(cc21)OC(=NOC(C)=O)C3=O. The molecule has 2 aromatic carbocycles. The molecule has 0 atom stereocenters. The van der Waals surface area contributed by atoms with Crippen molar-refractivity contribution in [3.63, 3.8) is 0 Å². The van der Waals surface area contributed by atoms with Gasteiger partial charge in [-0.15, -0.1) is 0 Å². The minimum absolute atomic E-state index is 0.222. The Labute approximate surface area is 137 Å². The lowest BCUT2D eigenvalue weighted by atomic mass is 10.1. The highest BCUT2D eigenvalue weighted by atomic mass is 16.7. The number of carbonyl (C=O) groups is 2. The molecule has 1 aliphatic heterocycles. The number of hydrogen-bond acceptors (Lipinski definition) is 5. The first-order valence-electron chi connectivity index (χ1n) is 7.63. The number of benzene rings is 2. The number of hydrogen-bond donors (Lipinski definition) is 0. The Bertz CT molecular complexity index is 1050. The molecule has 24 heavy (non-hydrogen) atoms. The van der Waals surface area contributed by atoms with E-state index in [1.54, 1.807) is 0 Å². The Morgan fingerprint density at radius 2 is 2.00 bits per heavy atom. The van der Waals surface area contributed by atoms with Crippen molar-refractivity contribution in [3.05, 3.63) is 42.0 Å². The van der Waals surface area contributed by atoms with E-state index in [0.29, 0.717) is 11.3 Å². The fraction of sp³-hybridized carbons (Fsp3) is 0.167. The smallest absolute Gasteiger partial charge is 0.332 e. The summed E-state index contributed by atoms with van der Waals surface area (Å²) in [6, 6.07) is 11.7. The van der Waals surface area contributed by atoms with Gasteiger partial charge in [-0.25, -0.2) is 4.79 Å². The number of aromatic nitrogens is 1. The van der Waals surface area contributed by atoms with E-state index in [-0.39, 0.29) is 11.7 Å². The molecule has 1 aliphatic rings. The molecule has 3 aromatic rings. The summed E-state index contributed by atoms with van der Waals surface area (Å²) in [5.74, 6) is -0.791. The van der Waals surface area contributed by atoms with Gasteiger partial charge in [-0.05, 0) is 24.2 Å². The summed E-state index contributed by atoms with van der Waals surface area (Å²) in [6.45, 7) is 4.07. The van der Waals surface area contributed by atoms with Gasteiger partial charge in [-0.1, -0.05) is 18.2 Å². The Kier molecular flexibility index (Phi) is 3.13.